The zero-order valence-electron chi connectivity index (χ0n) is 13.6. The summed E-state index contributed by atoms with van der Waals surface area (Å²) in [6.45, 7) is 8.12. The van der Waals surface area contributed by atoms with E-state index in [2.05, 4.69) is 51.1 Å². The topological polar surface area (TPSA) is 18.5 Å². The van der Waals surface area contributed by atoms with Crippen LogP contribution >= 0.6 is 0 Å². The predicted octanol–water partition coefficient (Wildman–Crippen LogP) is 5.05. The van der Waals surface area contributed by atoms with Gasteiger partial charge in [-0.2, -0.15) is 0 Å². The number of ether oxygens (including phenoxy) is 2. The first-order valence-corrected chi connectivity index (χ1v) is 8.09. The van der Waals surface area contributed by atoms with E-state index in [4.69, 9.17) is 9.47 Å². The molecule has 0 aliphatic carbocycles. The summed E-state index contributed by atoms with van der Waals surface area (Å²) in [5.41, 5.74) is 2.61. The maximum absolute atomic E-state index is 5.97. The summed E-state index contributed by atoms with van der Waals surface area (Å²) < 4.78 is 11.9. The van der Waals surface area contributed by atoms with Gasteiger partial charge in [0.15, 0.2) is 6.29 Å². The van der Waals surface area contributed by atoms with Gasteiger partial charge < -0.3 is 9.47 Å². The highest BCUT2D eigenvalue weighted by atomic mass is 16.7. The van der Waals surface area contributed by atoms with E-state index in [1.54, 1.807) is 0 Å². The Morgan fingerprint density at radius 2 is 1.81 bits per heavy atom. The van der Waals surface area contributed by atoms with Crippen LogP contribution in [0.25, 0.3) is 6.08 Å². The monoisotopic (exact) mass is 288 g/mol. The zero-order valence-corrected chi connectivity index (χ0v) is 13.6. The van der Waals surface area contributed by atoms with Crippen molar-refractivity contribution in [3.63, 3.8) is 0 Å². The Labute approximate surface area is 129 Å². The van der Waals surface area contributed by atoms with Crippen LogP contribution in [-0.4, -0.2) is 19.5 Å². The van der Waals surface area contributed by atoms with Crippen molar-refractivity contribution in [1.82, 2.24) is 0 Å². The van der Waals surface area contributed by atoms with Crippen molar-refractivity contribution in [2.45, 2.75) is 52.7 Å². The Balaban J connectivity index is 2.07. The van der Waals surface area contributed by atoms with Crippen molar-refractivity contribution in [2.24, 2.45) is 5.41 Å². The maximum Gasteiger partial charge on any atom is 0.180 e. The predicted molar refractivity (Wildman–Crippen MR) is 88.0 cm³/mol. The second kappa shape index (κ2) is 7.77. The van der Waals surface area contributed by atoms with Gasteiger partial charge in [-0.05, 0) is 24.0 Å². The van der Waals surface area contributed by atoms with Crippen molar-refractivity contribution >= 4 is 6.08 Å². The first kappa shape index (κ1) is 16.3. The number of hydrogen-bond donors (Lipinski definition) is 0. The molecule has 0 atom stereocenters. The highest BCUT2D eigenvalue weighted by Gasteiger charge is 2.29. The molecular weight excluding hydrogens is 260 g/mol. The molecular formula is C19H28O2. The average molecular weight is 288 g/mol. The van der Waals surface area contributed by atoms with E-state index < -0.39 is 0 Å². The van der Waals surface area contributed by atoms with Gasteiger partial charge >= 0.3 is 0 Å². The lowest BCUT2D eigenvalue weighted by atomic mass is 9.95. The highest BCUT2D eigenvalue weighted by molar-refractivity contribution is 5.53. The number of rotatable bonds is 6. The summed E-state index contributed by atoms with van der Waals surface area (Å²) in [6.07, 6.45) is 6.80. The van der Waals surface area contributed by atoms with Gasteiger partial charge in [0.1, 0.15) is 0 Å². The quantitative estimate of drug-likeness (QED) is 0.682. The van der Waals surface area contributed by atoms with Gasteiger partial charge in [0, 0.05) is 5.41 Å². The summed E-state index contributed by atoms with van der Waals surface area (Å²) in [5.74, 6) is 0. The largest absolute Gasteiger partial charge is 0.348 e. The van der Waals surface area contributed by atoms with E-state index in [0.29, 0.717) is 0 Å². The molecule has 1 heterocycles. The van der Waals surface area contributed by atoms with Crippen molar-refractivity contribution in [2.75, 3.05) is 13.2 Å². The number of benzene rings is 1. The van der Waals surface area contributed by atoms with E-state index in [1.165, 1.54) is 30.4 Å². The first-order chi connectivity index (χ1) is 10.1. The van der Waals surface area contributed by atoms with E-state index in [-0.39, 0.29) is 11.7 Å². The summed E-state index contributed by atoms with van der Waals surface area (Å²) in [6, 6.07) is 10.5. The molecule has 2 nitrogen and oxygen atoms in total. The normalized spacial score (nSPS) is 19.7. The standard InChI is InChI=1S/C19H28O2/c1-4-5-7-12-17(13-16-10-8-6-9-11-16)18-20-14-19(2,3)15-21-18/h6,8-11,13,18H,4-5,7,12,14-15H2,1-3H3/b17-13+. The molecule has 1 fully saturated rings. The molecule has 2 heteroatoms. The van der Waals surface area contributed by atoms with Crippen LogP contribution in [0.2, 0.25) is 0 Å². The number of hydrogen-bond acceptors (Lipinski definition) is 2. The van der Waals surface area contributed by atoms with Crippen LogP contribution in [0, 0.1) is 5.41 Å². The molecule has 0 N–H and O–H groups in total. The molecule has 2 rings (SSSR count). The zero-order chi connectivity index (χ0) is 15.1. The van der Waals surface area contributed by atoms with Gasteiger partial charge in [-0.25, -0.2) is 0 Å². The van der Waals surface area contributed by atoms with Gasteiger partial charge in [-0.3, -0.25) is 0 Å². The average Bonchev–Trinajstić information content (AvgIpc) is 2.48. The molecule has 0 spiro atoms. The lowest BCUT2D eigenvalue weighted by Crippen LogP contribution is -2.38. The smallest absolute Gasteiger partial charge is 0.180 e. The van der Waals surface area contributed by atoms with Crippen LogP contribution in [0.4, 0.5) is 0 Å². The SMILES string of the molecule is CCCCC/C(=C\c1ccccc1)C1OCC(C)(C)CO1. The molecule has 1 saturated heterocycles. The van der Waals surface area contributed by atoms with Crippen LogP contribution in [0.3, 0.4) is 0 Å². The van der Waals surface area contributed by atoms with Gasteiger partial charge in [-0.15, -0.1) is 0 Å². The Kier molecular flexibility index (Phi) is 6.01. The molecule has 1 aliphatic rings. The highest BCUT2D eigenvalue weighted by Crippen LogP contribution is 2.29. The Hall–Kier alpha value is -1.12. The van der Waals surface area contributed by atoms with E-state index in [9.17, 15) is 0 Å². The Morgan fingerprint density at radius 3 is 2.43 bits per heavy atom. The molecule has 0 bridgehead atoms. The maximum atomic E-state index is 5.97. The summed E-state index contributed by atoms with van der Waals surface area (Å²) in [5, 5.41) is 0. The van der Waals surface area contributed by atoms with Crippen molar-refractivity contribution < 1.29 is 9.47 Å². The summed E-state index contributed by atoms with van der Waals surface area (Å²) in [4.78, 5) is 0. The van der Waals surface area contributed by atoms with E-state index in [1.807, 2.05) is 6.07 Å². The molecule has 0 aromatic heterocycles. The second-order valence-corrected chi connectivity index (χ2v) is 6.71. The fourth-order valence-electron chi connectivity index (χ4n) is 2.51. The molecule has 0 saturated carbocycles. The summed E-state index contributed by atoms with van der Waals surface area (Å²) in [7, 11) is 0. The molecule has 1 aromatic rings. The van der Waals surface area contributed by atoms with Crippen LogP contribution in [-0.2, 0) is 9.47 Å². The van der Waals surface area contributed by atoms with Gasteiger partial charge in [-0.1, -0.05) is 70.0 Å². The minimum Gasteiger partial charge on any atom is -0.348 e. The molecule has 0 radical (unpaired) electrons. The minimum absolute atomic E-state index is 0.123. The fourth-order valence-corrected chi connectivity index (χ4v) is 2.51. The minimum atomic E-state index is -0.171. The third kappa shape index (κ3) is 5.29. The molecule has 0 unspecified atom stereocenters. The molecule has 116 valence electrons. The van der Waals surface area contributed by atoms with Gasteiger partial charge in [0.2, 0.25) is 0 Å². The molecule has 0 amide bonds. The Bertz CT molecular complexity index is 438. The van der Waals surface area contributed by atoms with Crippen LogP contribution in [0.15, 0.2) is 35.9 Å². The third-order valence-electron chi connectivity index (χ3n) is 3.77. The van der Waals surface area contributed by atoms with Crippen molar-refractivity contribution in [3.8, 4) is 0 Å². The molecule has 1 aromatic carbocycles. The van der Waals surface area contributed by atoms with Crippen LogP contribution in [0.1, 0.15) is 52.0 Å². The second-order valence-electron chi connectivity index (χ2n) is 6.71. The van der Waals surface area contributed by atoms with Crippen LogP contribution in [0.5, 0.6) is 0 Å². The molecule has 1 aliphatic heterocycles. The summed E-state index contributed by atoms with van der Waals surface area (Å²) >= 11 is 0. The lowest BCUT2D eigenvalue weighted by Gasteiger charge is -2.35. The van der Waals surface area contributed by atoms with Gasteiger partial charge in [0.05, 0.1) is 13.2 Å². The fraction of sp³-hybridized carbons (Fsp3) is 0.579. The third-order valence-corrected chi connectivity index (χ3v) is 3.77. The van der Waals surface area contributed by atoms with Crippen LogP contribution < -0.4 is 0 Å². The Morgan fingerprint density at radius 1 is 1.14 bits per heavy atom. The van der Waals surface area contributed by atoms with Crippen molar-refractivity contribution in [3.05, 3.63) is 41.5 Å². The number of unbranched alkanes of at least 4 members (excludes halogenated alkanes) is 2. The van der Waals surface area contributed by atoms with Gasteiger partial charge in [0.25, 0.3) is 0 Å². The lowest BCUT2D eigenvalue weighted by molar-refractivity contribution is -0.203. The van der Waals surface area contributed by atoms with Crippen molar-refractivity contribution in [1.29, 1.82) is 0 Å². The molecule has 21 heavy (non-hydrogen) atoms. The van der Waals surface area contributed by atoms with E-state index in [0.717, 1.165) is 19.6 Å². The first-order valence-electron chi connectivity index (χ1n) is 8.09. The van der Waals surface area contributed by atoms with E-state index >= 15 is 0 Å².